The van der Waals surface area contributed by atoms with Gasteiger partial charge in [-0.3, -0.25) is 9.59 Å². The largest absolute Gasteiger partial charge is 0.342 e. The Labute approximate surface area is 122 Å². The van der Waals surface area contributed by atoms with E-state index in [4.69, 9.17) is 0 Å². The second-order valence-electron chi connectivity index (χ2n) is 6.87. The van der Waals surface area contributed by atoms with Crippen molar-refractivity contribution in [2.24, 2.45) is 11.8 Å². The monoisotopic (exact) mass is 280 g/mol. The van der Waals surface area contributed by atoms with Crippen LogP contribution in [0.2, 0.25) is 0 Å². The lowest BCUT2D eigenvalue weighted by Gasteiger charge is -2.35. The second kappa shape index (κ2) is 6.15. The van der Waals surface area contributed by atoms with Gasteiger partial charge in [0.15, 0.2) is 0 Å². The molecule has 0 bridgehead atoms. The molecule has 0 aromatic heterocycles. The summed E-state index contributed by atoms with van der Waals surface area (Å²) in [4.78, 5) is 26.4. The summed E-state index contributed by atoms with van der Waals surface area (Å²) < 4.78 is 0. The number of carbonyl (C=O) groups excluding carboxylic acids is 2. The number of hydrogen-bond acceptors (Lipinski definition) is 2. The average Bonchev–Trinajstić information content (AvgIpc) is 2.51. The zero-order chi connectivity index (χ0) is 14.8. The number of nitrogens with one attached hydrogen (secondary N) is 1. The number of carbonyl (C=O) groups is 2. The summed E-state index contributed by atoms with van der Waals surface area (Å²) in [6, 6.07) is 0. The van der Waals surface area contributed by atoms with E-state index in [1.807, 2.05) is 18.7 Å². The van der Waals surface area contributed by atoms with Gasteiger partial charge in [0.25, 0.3) is 0 Å². The van der Waals surface area contributed by atoms with Crippen molar-refractivity contribution in [1.29, 1.82) is 0 Å². The molecule has 1 aliphatic carbocycles. The third-order valence-electron chi connectivity index (χ3n) is 5.01. The summed E-state index contributed by atoms with van der Waals surface area (Å²) in [6.07, 6.45) is 6.11. The Morgan fingerprint density at radius 1 is 1.35 bits per heavy atom. The second-order valence-corrected chi connectivity index (χ2v) is 6.87. The molecule has 0 aromatic rings. The van der Waals surface area contributed by atoms with Gasteiger partial charge in [0.2, 0.25) is 11.8 Å². The van der Waals surface area contributed by atoms with E-state index in [0.29, 0.717) is 25.3 Å². The Morgan fingerprint density at radius 2 is 2.10 bits per heavy atom. The van der Waals surface area contributed by atoms with Crippen LogP contribution in [0.4, 0.5) is 0 Å². The van der Waals surface area contributed by atoms with E-state index < -0.39 is 5.54 Å². The molecule has 2 fully saturated rings. The summed E-state index contributed by atoms with van der Waals surface area (Å²) in [7, 11) is 0. The minimum Gasteiger partial charge on any atom is -0.342 e. The quantitative estimate of drug-likeness (QED) is 0.862. The van der Waals surface area contributed by atoms with Crippen molar-refractivity contribution in [1.82, 2.24) is 10.2 Å². The molecule has 2 rings (SSSR count). The molecule has 0 spiro atoms. The van der Waals surface area contributed by atoms with Crippen LogP contribution in [-0.2, 0) is 9.59 Å². The predicted molar refractivity (Wildman–Crippen MR) is 79.2 cm³/mol. The molecule has 3 atom stereocenters. The van der Waals surface area contributed by atoms with Crippen molar-refractivity contribution in [3.05, 3.63) is 0 Å². The van der Waals surface area contributed by atoms with Gasteiger partial charge in [0, 0.05) is 19.5 Å². The first-order valence-corrected chi connectivity index (χ1v) is 8.05. The Kier molecular flexibility index (Phi) is 4.71. The number of amides is 2. The van der Waals surface area contributed by atoms with E-state index in [2.05, 4.69) is 12.2 Å². The minimum atomic E-state index is -0.714. The highest BCUT2D eigenvalue weighted by atomic mass is 16.2. The molecule has 1 saturated carbocycles. The van der Waals surface area contributed by atoms with Crippen LogP contribution in [0.1, 0.15) is 59.3 Å². The number of rotatable bonds is 3. The molecule has 2 aliphatic rings. The van der Waals surface area contributed by atoms with Gasteiger partial charge >= 0.3 is 0 Å². The van der Waals surface area contributed by atoms with Gasteiger partial charge in [-0.1, -0.05) is 26.7 Å². The summed E-state index contributed by atoms with van der Waals surface area (Å²) in [5, 5.41) is 2.90. The lowest BCUT2D eigenvalue weighted by Crippen LogP contribution is -2.55. The normalized spacial score (nSPS) is 35.6. The van der Waals surface area contributed by atoms with Crippen LogP contribution in [0.5, 0.6) is 0 Å². The molecule has 4 heteroatoms. The Balaban J connectivity index is 2.05. The molecular formula is C16H28N2O2. The van der Waals surface area contributed by atoms with E-state index in [1.165, 1.54) is 25.7 Å². The fraction of sp³-hybridized carbons (Fsp3) is 0.875. The molecule has 4 nitrogen and oxygen atoms in total. The molecular weight excluding hydrogens is 252 g/mol. The van der Waals surface area contributed by atoms with Crippen molar-refractivity contribution in [2.45, 2.75) is 64.8 Å². The van der Waals surface area contributed by atoms with Gasteiger partial charge in [0.05, 0.1) is 0 Å². The SMILES string of the molecule is CCC1(C)NC(=O)CCN(CC2CCCC(C)C2)C1=O. The molecule has 1 N–H and O–H groups in total. The molecule has 20 heavy (non-hydrogen) atoms. The number of nitrogens with zero attached hydrogens (tertiary/aromatic N) is 1. The fourth-order valence-corrected chi connectivity index (χ4v) is 3.56. The van der Waals surface area contributed by atoms with Crippen LogP contribution in [0.15, 0.2) is 0 Å². The van der Waals surface area contributed by atoms with Crippen LogP contribution < -0.4 is 5.32 Å². The van der Waals surface area contributed by atoms with Gasteiger partial charge in [0.1, 0.15) is 5.54 Å². The van der Waals surface area contributed by atoms with Crippen molar-refractivity contribution < 1.29 is 9.59 Å². The lowest BCUT2D eigenvalue weighted by molar-refractivity contribution is -0.139. The van der Waals surface area contributed by atoms with Crippen LogP contribution in [0.25, 0.3) is 0 Å². The van der Waals surface area contributed by atoms with Gasteiger partial charge in [-0.15, -0.1) is 0 Å². The fourth-order valence-electron chi connectivity index (χ4n) is 3.56. The van der Waals surface area contributed by atoms with Crippen molar-refractivity contribution in [2.75, 3.05) is 13.1 Å². The highest BCUT2D eigenvalue weighted by molar-refractivity contribution is 5.93. The zero-order valence-corrected chi connectivity index (χ0v) is 13.1. The summed E-state index contributed by atoms with van der Waals surface area (Å²) in [5.74, 6) is 1.48. The van der Waals surface area contributed by atoms with Crippen LogP contribution >= 0.6 is 0 Å². The highest BCUT2D eigenvalue weighted by Gasteiger charge is 2.39. The first-order valence-electron chi connectivity index (χ1n) is 8.05. The molecule has 1 aliphatic heterocycles. The average molecular weight is 280 g/mol. The standard InChI is InChI=1S/C16H28N2O2/c1-4-16(3)15(20)18(9-8-14(19)17-16)11-13-7-5-6-12(2)10-13/h12-13H,4-11H2,1-3H3,(H,17,19). The molecule has 1 saturated heterocycles. The van der Waals surface area contributed by atoms with Crippen LogP contribution in [0.3, 0.4) is 0 Å². The van der Waals surface area contributed by atoms with Gasteiger partial charge in [-0.05, 0) is 38.0 Å². The Bertz CT molecular complexity index is 383. The van der Waals surface area contributed by atoms with E-state index >= 15 is 0 Å². The lowest BCUT2D eigenvalue weighted by atomic mass is 9.82. The van der Waals surface area contributed by atoms with Gasteiger partial charge in [-0.25, -0.2) is 0 Å². The first kappa shape index (κ1) is 15.3. The maximum atomic E-state index is 12.7. The zero-order valence-electron chi connectivity index (χ0n) is 13.1. The molecule has 3 unspecified atom stereocenters. The van der Waals surface area contributed by atoms with E-state index in [9.17, 15) is 9.59 Å². The van der Waals surface area contributed by atoms with E-state index in [0.717, 1.165) is 12.5 Å². The first-order chi connectivity index (χ1) is 9.44. The predicted octanol–water partition coefficient (Wildman–Crippen LogP) is 2.33. The van der Waals surface area contributed by atoms with Gasteiger partial charge < -0.3 is 10.2 Å². The van der Waals surface area contributed by atoms with Crippen molar-refractivity contribution in [3.63, 3.8) is 0 Å². The Hall–Kier alpha value is -1.06. The van der Waals surface area contributed by atoms with E-state index in [-0.39, 0.29) is 11.8 Å². The Morgan fingerprint density at radius 3 is 2.75 bits per heavy atom. The maximum Gasteiger partial charge on any atom is 0.248 e. The third kappa shape index (κ3) is 3.33. The smallest absolute Gasteiger partial charge is 0.248 e. The van der Waals surface area contributed by atoms with Crippen molar-refractivity contribution >= 4 is 11.8 Å². The summed E-state index contributed by atoms with van der Waals surface area (Å²) in [6.45, 7) is 7.52. The summed E-state index contributed by atoms with van der Waals surface area (Å²) in [5.41, 5.74) is -0.714. The van der Waals surface area contributed by atoms with Crippen molar-refractivity contribution in [3.8, 4) is 0 Å². The maximum absolute atomic E-state index is 12.7. The van der Waals surface area contributed by atoms with Gasteiger partial charge in [-0.2, -0.15) is 0 Å². The minimum absolute atomic E-state index is 0.00205. The van der Waals surface area contributed by atoms with Crippen LogP contribution in [0, 0.1) is 11.8 Å². The third-order valence-corrected chi connectivity index (χ3v) is 5.01. The summed E-state index contributed by atoms with van der Waals surface area (Å²) >= 11 is 0. The molecule has 114 valence electrons. The molecule has 2 amide bonds. The molecule has 1 heterocycles. The highest BCUT2D eigenvalue weighted by Crippen LogP contribution is 2.30. The number of hydrogen-bond donors (Lipinski definition) is 1. The van der Waals surface area contributed by atoms with E-state index in [1.54, 1.807) is 0 Å². The van der Waals surface area contributed by atoms with Crippen LogP contribution in [-0.4, -0.2) is 35.3 Å². The molecule has 0 radical (unpaired) electrons. The topological polar surface area (TPSA) is 49.4 Å². The molecule has 0 aromatic carbocycles.